The van der Waals surface area contributed by atoms with E-state index in [9.17, 15) is 9.90 Å². The lowest BCUT2D eigenvalue weighted by atomic mass is 9.90. The topological polar surface area (TPSA) is 61.8 Å². The molecule has 2 N–H and O–H groups in total. The summed E-state index contributed by atoms with van der Waals surface area (Å²) in [6.45, 7) is 11.6. The number of rotatable bonds is 8. The molecule has 1 unspecified atom stereocenters. The minimum Gasteiger partial charge on any atom is -0.480 e. The smallest absolute Gasteiger partial charge is 0.323 e. The fourth-order valence-electron chi connectivity index (χ4n) is 3.13. The van der Waals surface area contributed by atoms with E-state index in [-0.39, 0.29) is 12.2 Å². The Morgan fingerprint density at radius 2 is 1.95 bits per heavy atom. The Morgan fingerprint density at radius 3 is 2.40 bits per heavy atom. The van der Waals surface area contributed by atoms with Crippen LogP contribution in [0.3, 0.4) is 0 Å². The monoisotopic (exact) mass is 286 g/mol. The van der Waals surface area contributed by atoms with Crippen LogP contribution in [-0.4, -0.2) is 59.9 Å². The Hall–Kier alpha value is -0.650. The van der Waals surface area contributed by atoms with E-state index >= 15 is 0 Å². The van der Waals surface area contributed by atoms with Crippen molar-refractivity contribution in [3.63, 3.8) is 0 Å². The molecule has 0 aromatic rings. The van der Waals surface area contributed by atoms with Crippen LogP contribution in [0.1, 0.15) is 47.0 Å². The van der Waals surface area contributed by atoms with E-state index in [0.717, 1.165) is 26.1 Å². The number of nitrogens with zero attached hydrogens (tertiary/aromatic N) is 1. The van der Waals surface area contributed by atoms with Crippen molar-refractivity contribution in [2.24, 2.45) is 0 Å². The maximum Gasteiger partial charge on any atom is 0.323 e. The van der Waals surface area contributed by atoms with Gasteiger partial charge in [-0.05, 0) is 46.2 Å². The highest BCUT2D eigenvalue weighted by atomic mass is 16.5. The predicted molar refractivity (Wildman–Crippen MR) is 80.0 cm³/mol. The van der Waals surface area contributed by atoms with Crippen LogP contribution in [0.25, 0.3) is 0 Å². The molecular weight excluding hydrogens is 256 g/mol. The number of morpholine rings is 1. The number of hydrogen-bond acceptors (Lipinski definition) is 4. The van der Waals surface area contributed by atoms with Crippen LogP contribution in [-0.2, 0) is 9.53 Å². The lowest BCUT2D eigenvalue weighted by Gasteiger charge is -2.36. The number of nitrogens with one attached hydrogen (secondary N) is 1. The van der Waals surface area contributed by atoms with Crippen LogP contribution in [0.2, 0.25) is 0 Å². The lowest BCUT2D eigenvalue weighted by Crippen LogP contribution is -2.52. The third-order valence-electron chi connectivity index (χ3n) is 4.10. The van der Waals surface area contributed by atoms with Gasteiger partial charge >= 0.3 is 5.97 Å². The van der Waals surface area contributed by atoms with Gasteiger partial charge in [-0.2, -0.15) is 0 Å². The highest BCUT2D eigenvalue weighted by Gasteiger charge is 2.35. The summed E-state index contributed by atoms with van der Waals surface area (Å²) in [4.78, 5) is 13.9. The van der Waals surface area contributed by atoms with Gasteiger partial charge in [0.25, 0.3) is 0 Å². The molecule has 0 aromatic carbocycles. The fraction of sp³-hybridized carbons (Fsp3) is 0.933. The Kier molecular flexibility index (Phi) is 6.92. The zero-order chi connectivity index (χ0) is 15.2. The summed E-state index contributed by atoms with van der Waals surface area (Å²) >= 11 is 0. The van der Waals surface area contributed by atoms with Gasteiger partial charge in [0.1, 0.15) is 5.54 Å². The minimum absolute atomic E-state index is 0.267. The van der Waals surface area contributed by atoms with Crippen LogP contribution in [0, 0.1) is 0 Å². The molecule has 5 nitrogen and oxygen atoms in total. The molecule has 1 rings (SSSR count). The standard InChI is InChI=1S/C15H30N2O3/c1-5-15(14(18)19,16-6-2)8-7-9-17-10-12(3)20-13(4)11-17/h12-13,16H,5-11H2,1-4H3,(H,18,19)/t12-,13+,15?. The molecule has 5 heteroatoms. The van der Waals surface area contributed by atoms with Crippen LogP contribution >= 0.6 is 0 Å². The van der Waals surface area contributed by atoms with Crippen LogP contribution in [0.4, 0.5) is 0 Å². The molecule has 1 fully saturated rings. The van der Waals surface area contributed by atoms with E-state index in [0.29, 0.717) is 19.4 Å². The Balaban J connectivity index is 2.46. The Labute approximate surface area is 122 Å². The summed E-state index contributed by atoms with van der Waals surface area (Å²) < 4.78 is 5.71. The van der Waals surface area contributed by atoms with E-state index in [1.165, 1.54) is 0 Å². The second-order valence-corrected chi connectivity index (χ2v) is 5.89. The molecule has 118 valence electrons. The maximum atomic E-state index is 11.5. The molecule has 0 spiro atoms. The first-order chi connectivity index (χ1) is 9.43. The Bertz CT molecular complexity index is 301. The van der Waals surface area contributed by atoms with Crippen LogP contribution < -0.4 is 5.32 Å². The average Bonchev–Trinajstić information content (AvgIpc) is 2.36. The molecule has 20 heavy (non-hydrogen) atoms. The molecule has 3 atom stereocenters. The minimum atomic E-state index is -0.766. The van der Waals surface area contributed by atoms with Crippen LogP contribution in [0.15, 0.2) is 0 Å². The Morgan fingerprint density at radius 1 is 1.35 bits per heavy atom. The molecule has 1 aliphatic heterocycles. The zero-order valence-corrected chi connectivity index (χ0v) is 13.3. The van der Waals surface area contributed by atoms with Gasteiger partial charge in [-0.25, -0.2) is 0 Å². The van der Waals surface area contributed by atoms with Gasteiger partial charge in [0.05, 0.1) is 12.2 Å². The largest absolute Gasteiger partial charge is 0.480 e. The molecule has 0 aliphatic carbocycles. The van der Waals surface area contributed by atoms with Crippen molar-refractivity contribution in [3.8, 4) is 0 Å². The third-order valence-corrected chi connectivity index (χ3v) is 4.10. The maximum absolute atomic E-state index is 11.5. The number of carboxylic acids is 1. The number of carboxylic acid groups (broad SMARTS) is 1. The first-order valence-corrected chi connectivity index (χ1v) is 7.79. The summed E-state index contributed by atoms with van der Waals surface area (Å²) in [7, 11) is 0. The molecule has 0 amide bonds. The second kappa shape index (κ2) is 7.96. The van der Waals surface area contributed by atoms with E-state index in [1.54, 1.807) is 0 Å². The fourth-order valence-corrected chi connectivity index (χ4v) is 3.13. The van der Waals surface area contributed by atoms with Gasteiger partial charge in [-0.15, -0.1) is 0 Å². The summed E-state index contributed by atoms with van der Waals surface area (Å²) in [5, 5.41) is 12.6. The zero-order valence-electron chi connectivity index (χ0n) is 13.3. The van der Waals surface area contributed by atoms with Gasteiger partial charge < -0.3 is 15.2 Å². The molecule has 1 heterocycles. The summed E-state index contributed by atoms with van der Waals surface area (Å²) in [5.74, 6) is -0.731. The predicted octanol–water partition coefficient (Wildman–Crippen LogP) is 1.72. The quantitative estimate of drug-likeness (QED) is 0.711. The third kappa shape index (κ3) is 4.72. The van der Waals surface area contributed by atoms with Gasteiger partial charge in [-0.1, -0.05) is 13.8 Å². The van der Waals surface area contributed by atoms with Gasteiger partial charge in [-0.3, -0.25) is 9.69 Å². The van der Waals surface area contributed by atoms with E-state index in [1.807, 2.05) is 13.8 Å². The highest BCUT2D eigenvalue weighted by Crippen LogP contribution is 2.19. The first-order valence-electron chi connectivity index (χ1n) is 7.79. The summed E-state index contributed by atoms with van der Waals surface area (Å²) in [5.41, 5.74) is -0.766. The first kappa shape index (κ1) is 17.4. The molecule has 1 saturated heterocycles. The van der Waals surface area contributed by atoms with E-state index in [2.05, 4.69) is 24.1 Å². The molecule has 0 radical (unpaired) electrons. The summed E-state index contributed by atoms with van der Waals surface area (Å²) in [6.07, 6.45) is 2.72. The molecular formula is C15H30N2O3. The second-order valence-electron chi connectivity index (χ2n) is 5.89. The summed E-state index contributed by atoms with van der Waals surface area (Å²) in [6, 6.07) is 0. The van der Waals surface area contributed by atoms with E-state index in [4.69, 9.17) is 4.74 Å². The molecule has 0 aromatic heterocycles. The van der Waals surface area contributed by atoms with Crippen molar-refractivity contribution in [1.29, 1.82) is 0 Å². The van der Waals surface area contributed by atoms with Crippen LogP contribution in [0.5, 0.6) is 0 Å². The van der Waals surface area contributed by atoms with Crippen molar-refractivity contribution in [2.75, 3.05) is 26.2 Å². The highest BCUT2D eigenvalue weighted by molar-refractivity contribution is 5.78. The van der Waals surface area contributed by atoms with Gasteiger partial charge in [0, 0.05) is 13.1 Å². The molecule has 0 bridgehead atoms. The normalized spacial score (nSPS) is 27.2. The SMILES string of the molecule is CCNC(CC)(CCCN1C[C@@H](C)O[C@@H](C)C1)C(=O)O. The number of ether oxygens (including phenoxy) is 1. The lowest BCUT2D eigenvalue weighted by molar-refractivity contribution is -0.145. The molecule has 0 saturated carbocycles. The number of aliphatic carboxylic acids is 1. The number of likely N-dealkylation sites (N-methyl/N-ethyl adjacent to an activating group) is 1. The van der Waals surface area contributed by atoms with Crippen molar-refractivity contribution in [1.82, 2.24) is 10.2 Å². The van der Waals surface area contributed by atoms with Gasteiger partial charge in [0.2, 0.25) is 0 Å². The van der Waals surface area contributed by atoms with Crippen molar-refractivity contribution in [2.45, 2.75) is 64.7 Å². The van der Waals surface area contributed by atoms with Crippen molar-refractivity contribution < 1.29 is 14.6 Å². The van der Waals surface area contributed by atoms with Crippen molar-refractivity contribution >= 4 is 5.97 Å². The molecule has 1 aliphatic rings. The number of carbonyl (C=O) groups is 1. The van der Waals surface area contributed by atoms with E-state index < -0.39 is 11.5 Å². The number of hydrogen-bond donors (Lipinski definition) is 2. The van der Waals surface area contributed by atoms with Crippen molar-refractivity contribution in [3.05, 3.63) is 0 Å². The van der Waals surface area contributed by atoms with Gasteiger partial charge in [0.15, 0.2) is 0 Å². The average molecular weight is 286 g/mol.